The Morgan fingerprint density at radius 2 is 2.07 bits per heavy atom. The van der Waals surface area contributed by atoms with Gasteiger partial charge in [0.25, 0.3) is 0 Å². The highest BCUT2D eigenvalue weighted by molar-refractivity contribution is 5.84. The number of hydrogen-bond donors (Lipinski definition) is 3. The highest BCUT2D eigenvalue weighted by atomic mass is 16.4. The fourth-order valence-electron chi connectivity index (χ4n) is 1.23. The Bertz CT molecular complexity index is 220. The molecule has 0 aliphatic heterocycles. The van der Waals surface area contributed by atoms with E-state index in [1.165, 1.54) is 0 Å². The first-order valence-corrected chi connectivity index (χ1v) is 4.87. The number of carbonyl (C=O) groups excluding carboxylic acids is 1. The molecule has 6 heteroatoms. The van der Waals surface area contributed by atoms with Gasteiger partial charge in [-0.25, -0.2) is 0 Å². The molecule has 0 aliphatic rings. The number of aliphatic hydroxyl groups excluding tert-OH is 1. The summed E-state index contributed by atoms with van der Waals surface area (Å²) in [7, 11) is 0. The van der Waals surface area contributed by atoms with Crippen LogP contribution in [0.1, 0.15) is 13.8 Å². The van der Waals surface area contributed by atoms with Gasteiger partial charge in [-0.3, -0.25) is 14.5 Å². The van der Waals surface area contributed by atoms with Gasteiger partial charge in [0, 0.05) is 6.54 Å². The predicted octanol–water partition coefficient (Wildman–Crippen LogP) is -1.11. The van der Waals surface area contributed by atoms with Crippen LogP contribution in [0.5, 0.6) is 0 Å². The Balaban J connectivity index is 4.09. The summed E-state index contributed by atoms with van der Waals surface area (Å²) in [5.74, 6) is -1.41. The first-order chi connectivity index (χ1) is 7.02. The zero-order valence-corrected chi connectivity index (χ0v) is 9.06. The van der Waals surface area contributed by atoms with Crippen LogP contribution in [0.4, 0.5) is 0 Å². The van der Waals surface area contributed by atoms with E-state index in [-0.39, 0.29) is 19.1 Å². The highest BCUT2D eigenvalue weighted by Gasteiger charge is 2.19. The van der Waals surface area contributed by atoms with Crippen LogP contribution in [-0.4, -0.2) is 59.3 Å². The van der Waals surface area contributed by atoms with Crippen LogP contribution in [0.25, 0.3) is 0 Å². The molecule has 0 fully saturated rings. The number of rotatable bonds is 7. The molecular weight excluding hydrogens is 200 g/mol. The number of carbonyl (C=O) groups is 2. The van der Waals surface area contributed by atoms with Crippen LogP contribution in [0, 0.1) is 0 Å². The van der Waals surface area contributed by atoms with Crippen LogP contribution < -0.4 is 5.32 Å². The average Bonchev–Trinajstić information content (AvgIpc) is 2.21. The molecule has 15 heavy (non-hydrogen) atoms. The van der Waals surface area contributed by atoms with Crippen molar-refractivity contribution in [2.24, 2.45) is 0 Å². The highest BCUT2D eigenvalue weighted by Crippen LogP contribution is 1.97. The topological polar surface area (TPSA) is 89.9 Å². The summed E-state index contributed by atoms with van der Waals surface area (Å²) < 4.78 is 0. The van der Waals surface area contributed by atoms with Crippen LogP contribution in [-0.2, 0) is 9.59 Å². The fourth-order valence-corrected chi connectivity index (χ4v) is 1.23. The van der Waals surface area contributed by atoms with Gasteiger partial charge in [-0.1, -0.05) is 6.92 Å². The lowest BCUT2D eigenvalue weighted by atomic mass is 10.2. The largest absolute Gasteiger partial charge is 0.480 e. The van der Waals surface area contributed by atoms with Crippen molar-refractivity contribution in [1.82, 2.24) is 10.2 Å². The molecule has 0 aromatic rings. The normalized spacial score (nSPS) is 12.5. The molecule has 0 spiro atoms. The van der Waals surface area contributed by atoms with E-state index in [4.69, 9.17) is 10.2 Å². The molecule has 88 valence electrons. The second kappa shape index (κ2) is 7.19. The fraction of sp³-hybridized carbons (Fsp3) is 0.778. The molecule has 0 heterocycles. The monoisotopic (exact) mass is 218 g/mol. The van der Waals surface area contributed by atoms with E-state index in [0.29, 0.717) is 13.1 Å². The zero-order valence-electron chi connectivity index (χ0n) is 9.06. The number of amides is 1. The Morgan fingerprint density at radius 1 is 1.47 bits per heavy atom. The third-order valence-electron chi connectivity index (χ3n) is 2.13. The summed E-state index contributed by atoms with van der Waals surface area (Å²) in [6.45, 7) is 4.18. The number of nitrogens with one attached hydrogen (secondary N) is 1. The van der Waals surface area contributed by atoms with Gasteiger partial charge < -0.3 is 15.5 Å². The number of aliphatic hydroxyl groups is 1. The Labute approximate surface area is 88.9 Å². The lowest BCUT2D eigenvalue weighted by Gasteiger charge is -2.25. The van der Waals surface area contributed by atoms with Crippen LogP contribution >= 0.6 is 0 Å². The van der Waals surface area contributed by atoms with Crippen molar-refractivity contribution in [2.75, 3.05) is 26.2 Å². The van der Waals surface area contributed by atoms with Gasteiger partial charge in [0.1, 0.15) is 6.54 Å². The maximum absolute atomic E-state index is 11.4. The number of carboxylic acid groups (broad SMARTS) is 1. The maximum atomic E-state index is 11.4. The molecule has 0 aliphatic carbocycles. The molecule has 6 nitrogen and oxygen atoms in total. The van der Waals surface area contributed by atoms with Crippen molar-refractivity contribution in [2.45, 2.75) is 19.9 Å². The third kappa shape index (κ3) is 5.34. The van der Waals surface area contributed by atoms with Crippen LogP contribution in [0.2, 0.25) is 0 Å². The first kappa shape index (κ1) is 13.9. The number of likely N-dealkylation sites (N-methyl/N-ethyl adjacent to an activating group) is 1. The molecular formula is C9H18N2O4. The molecule has 3 N–H and O–H groups in total. The molecule has 1 atom stereocenters. The zero-order chi connectivity index (χ0) is 11.8. The summed E-state index contributed by atoms with van der Waals surface area (Å²) in [5, 5.41) is 19.4. The second-order valence-electron chi connectivity index (χ2n) is 3.14. The molecule has 0 bridgehead atoms. The van der Waals surface area contributed by atoms with Gasteiger partial charge in [0.05, 0.1) is 12.6 Å². The van der Waals surface area contributed by atoms with E-state index in [2.05, 4.69) is 5.32 Å². The number of carboxylic acids is 1. The van der Waals surface area contributed by atoms with Gasteiger partial charge in [-0.15, -0.1) is 0 Å². The lowest BCUT2D eigenvalue weighted by Crippen LogP contribution is -2.47. The summed E-state index contributed by atoms with van der Waals surface area (Å²) in [4.78, 5) is 23.4. The number of aliphatic carboxylic acids is 1. The third-order valence-corrected chi connectivity index (χ3v) is 2.13. The van der Waals surface area contributed by atoms with Crippen molar-refractivity contribution in [3.8, 4) is 0 Å². The van der Waals surface area contributed by atoms with Crippen LogP contribution in [0.3, 0.4) is 0 Å². The van der Waals surface area contributed by atoms with Crippen molar-refractivity contribution in [3.63, 3.8) is 0 Å². The average molecular weight is 218 g/mol. The Kier molecular flexibility index (Phi) is 6.64. The predicted molar refractivity (Wildman–Crippen MR) is 54.4 cm³/mol. The lowest BCUT2D eigenvalue weighted by molar-refractivity contribution is -0.138. The summed E-state index contributed by atoms with van der Waals surface area (Å²) in [6.07, 6.45) is 0. The molecule has 0 saturated carbocycles. The minimum Gasteiger partial charge on any atom is -0.480 e. The van der Waals surface area contributed by atoms with E-state index in [1.807, 2.05) is 6.92 Å². The molecule has 0 aromatic carbocycles. The minimum absolute atomic E-state index is 0.0234. The standard InChI is InChI=1S/C9H18N2O4/c1-3-11(4-5-12)7(2)9(15)10-6-8(13)14/h7,12H,3-6H2,1-2H3,(H,10,15)(H,13,14). The summed E-state index contributed by atoms with van der Waals surface area (Å²) in [6, 6.07) is -0.429. The Morgan fingerprint density at radius 3 is 2.47 bits per heavy atom. The molecule has 1 unspecified atom stereocenters. The molecule has 0 rings (SSSR count). The van der Waals surface area contributed by atoms with Crippen molar-refractivity contribution in [3.05, 3.63) is 0 Å². The van der Waals surface area contributed by atoms with E-state index in [9.17, 15) is 9.59 Å². The maximum Gasteiger partial charge on any atom is 0.322 e. The number of hydrogen-bond acceptors (Lipinski definition) is 4. The first-order valence-electron chi connectivity index (χ1n) is 4.87. The Hall–Kier alpha value is -1.14. The molecule has 0 radical (unpaired) electrons. The van der Waals surface area contributed by atoms with Crippen molar-refractivity contribution >= 4 is 11.9 Å². The quantitative estimate of drug-likeness (QED) is 0.504. The van der Waals surface area contributed by atoms with Crippen molar-refractivity contribution in [1.29, 1.82) is 0 Å². The van der Waals surface area contributed by atoms with E-state index < -0.39 is 12.0 Å². The SMILES string of the molecule is CCN(CCO)C(C)C(=O)NCC(=O)O. The second-order valence-corrected chi connectivity index (χ2v) is 3.14. The van der Waals surface area contributed by atoms with Gasteiger partial charge in [-0.05, 0) is 13.5 Å². The van der Waals surface area contributed by atoms with Gasteiger partial charge >= 0.3 is 5.97 Å². The number of nitrogens with zero attached hydrogens (tertiary/aromatic N) is 1. The van der Waals surface area contributed by atoms with Gasteiger partial charge in [0.15, 0.2) is 0 Å². The van der Waals surface area contributed by atoms with Crippen LogP contribution in [0.15, 0.2) is 0 Å². The van der Waals surface area contributed by atoms with E-state index in [1.54, 1.807) is 11.8 Å². The van der Waals surface area contributed by atoms with Gasteiger partial charge in [0.2, 0.25) is 5.91 Å². The summed E-state index contributed by atoms with van der Waals surface area (Å²) >= 11 is 0. The molecule has 0 saturated heterocycles. The molecule has 1 amide bonds. The van der Waals surface area contributed by atoms with E-state index >= 15 is 0 Å². The van der Waals surface area contributed by atoms with Gasteiger partial charge in [-0.2, -0.15) is 0 Å². The summed E-state index contributed by atoms with van der Waals surface area (Å²) in [5.41, 5.74) is 0. The van der Waals surface area contributed by atoms with Crippen molar-refractivity contribution < 1.29 is 19.8 Å². The smallest absolute Gasteiger partial charge is 0.322 e. The minimum atomic E-state index is -1.07. The molecule has 0 aromatic heterocycles. The van der Waals surface area contributed by atoms with E-state index in [0.717, 1.165) is 0 Å².